The van der Waals surface area contributed by atoms with Crippen LogP contribution in [0.2, 0.25) is 0 Å². The summed E-state index contributed by atoms with van der Waals surface area (Å²) in [5, 5.41) is 2.07. The highest BCUT2D eigenvalue weighted by molar-refractivity contribution is 7.11. The molecule has 0 amide bonds. The molecule has 0 radical (unpaired) electrons. The molecule has 1 unspecified atom stereocenters. The van der Waals surface area contributed by atoms with Gasteiger partial charge < -0.3 is 0 Å². The van der Waals surface area contributed by atoms with Crippen LogP contribution in [0.15, 0.2) is 11.4 Å². The Morgan fingerprint density at radius 2 is 1.48 bits per heavy atom. The van der Waals surface area contributed by atoms with Gasteiger partial charge in [-0.1, -0.05) is 90.9 Å². The van der Waals surface area contributed by atoms with Crippen LogP contribution in [0, 0.1) is 5.92 Å². The molecule has 0 aliphatic rings. The van der Waals surface area contributed by atoms with Crippen LogP contribution in [0.25, 0.3) is 0 Å². The Balaban J connectivity index is 2.37. The van der Waals surface area contributed by atoms with Crippen LogP contribution in [-0.4, -0.2) is 6.29 Å². The number of unbranched alkanes of at least 4 members (excludes halogenated alkanes) is 8. The molecule has 1 aromatic rings. The first-order valence-electron chi connectivity index (χ1n) is 9.83. The average molecular weight is 337 g/mol. The normalized spacial score (nSPS) is 12.4. The Bertz CT molecular complexity index is 396. The van der Waals surface area contributed by atoms with Gasteiger partial charge in [-0.3, -0.25) is 4.79 Å². The van der Waals surface area contributed by atoms with Crippen molar-refractivity contribution < 1.29 is 4.79 Å². The van der Waals surface area contributed by atoms with Crippen LogP contribution in [0.1, 0.15) is 106 Å². The largest absolute Gasteiger partial charge is 0.297 e. The van der Waals surface area contributed by atoms with Crippen LogP contribution in [0.4, 0.5) is 0 Å². The SMILES string of the molecule is CCCCCCCCC(CCCCCC)Cc1ccsc1C=O. The molecule has 0 aromatic carbocycles. The summed E-state index contributed by atoms with van der Waals surface area (Å²) in [6, 6.07) is 2.16. The third kappa shape index (κ3) is 9.30. The van der Waals surface area contributed by atoms with E-state index >= 15 is 0 Å². The quantitative estimate of drug-likeness (QED) is 0.240. The van der Waals surface area contributed by atoms with Crippen LogP contribution < -0.4 is 0 Å². The average Bonchev–Trinajstić information content (AvgIpc) is 3.01. The standard InChI is InChI=1S/C21H36OS/c1-3-5-7-9-10-12-14-19(13-11-8-6-4-2)17-20-15-16-23-21(20)18-22/h15-16,18-19H,3-14,17H2,1-2H3. The summed E-state index contributed by atoms with van der Waals surface area (Å²) < 4.78 is 0. The molecular weight excluding hydrogens is 300 g/mol. The van der Waals surface area contributed by atoms with Gasteiger partial charge in [-0.2, -0.15) is 0 Å². The fourth-order valence-electron chi connectivity index (χ4n) is 3.35. The molecule has 1 atom stereocenters. The summed E-state index contributed by atoms with van der Waals surface area (Å²) in [5.74, 6) is 0.770. The lowest BCUT2D eigenvalue weighted by Crippen LogP contribution is -2.06. The van der Waals surface area contributed by atoms with Gasteiger partial charge in [0.25, 0.3) is 0 Å². The van der Waals surface area contributed by atoms with Gasteiger partial charge in [0, 0.05) is 0 Å². The van der Waals surface area contributed by atoms with Crippen molar-refractivity contribution in [2.75, 3.05) is 0 Å². The van der Waals surface area contributed by atoms with Crippen molar-refractivity contribution in [3.8, 4) is 0 Å². The molecule has 0 aliphatic heterocycles. The lowest BCUT2D eigenvalue weighted by atomic mass is 9.89. The molecule has 0 fully saturated rings. The number of carbonyl (C=O) groups excluding carboxylic acids is 1. The Labute approximate surface area is 147 Å². The maximum Gasteiger partial charge on any atom is 0.160 e. The Kier molecular flexibility index (Phi) is 12.2. The van der Waals surface area contributed by atoms with Gasteiger partial charge in [-0.05, 0) is 29.3 Å². The van der Waals surface area contributed by atoms with E-state index < -0.39 is 0 Å². The van der Waals surface area contributed by atoms with Crippen molar-refractivity contribution in [2.45, 2.75) is 97.3 Å². The van der Waals surface area contributed by atoms with Crippen LogP contribution in [0.3, 0.4) is 0 Å². The molecule has 0 N–H and O–H groups in total. The minimum absolute atomic E-state index is 0.770. The van der Waals surface area contributed by atoms with Crippen molar-refractivity contribution in [3.05, 3.63) is 21.9 Å². The van der Waals surface area contributed by atoms with Crippen molar-refractivity contribution in [2.24, 2.45) is 5.92 Å². The molecule has 1 rings (SSSR count). The van der Waals surface area contributed by atoms with Gasteiger partial charge in [0.05, 0.1) is 4.88 Å². The van der Waals surface area contributed by atoms with E-state index in [1.54, 1.807) is 11.3 Å². The highest BCUT2D eigenvalue weighted by atomic mass is 32.1. The Morgan fingerprint density at radius 3 is 2.09 bits per heavy atom. The highest BCUT2D eigenvalue weighted by Gasteiger charge is 2.13. The lowest BCUT2D eigenvalue weighted by molar-refractivity contribution is 0.112. The van der Waals surface area contributed by atoms with Crippen molar-refractivity contribution >= 4 is 17.6 Å². The van der Waals surface area contributed by atoms with Crippen molar-refractivity contribution in [3.63, 3.8) is 0 Å². The third-order valence-electron chi connectivity index (χ3n) is 4.83. The summed E-state index contributed by atoms with van der Waals surface area (Å²) in [6.07, 6.45) is 18.5. The summed E-state index contributed by atoms with van der Waals surface area (Å²) in [7, 11) is 0. The molecule has 1 heterocycles. The van der Waals surface area contributed by atoms with E-state index in [0.717, 1.165) is 23.5 Å². The number of carbonyl (C=O) groups is 1. The molecule has 0 saturated heterocycles. The predicted molar refractivity (Wildman–Crippen MR) is 104 cm³/mol. The first-order chi connectivity index (χ1) is 11.3. The van der Waals surface area contributed by atoms with Gasteiger partial charge in [0.1, 0.15) is 0 Å². The second-order valence-electron chi connectivity index (χ2n) is 6.90. The second-order valence-corrected chi connectivity index (χ2v) is 7.85. The van der Waals surface area contributed by atoms with Gasteiger partial charge in [0.15, 0.2) is 6.29 Å². The fraction of sp³-hybridized carbons (Fsp3) is 0.762. The molecule has 0 bridgehead atoms. The highest BCUT2D eigenvalue weighted by Crippen LogP contribution is 2.26. The van der Waals surface area contributed by atoms with Crippen molar-refractivity contribution in [1.29, 1.82) is 0 Å². The molecule has 132 valence electrons. The van der Waals surface area contributed by atoms with Crippen LogP contribution in [-0.2, 0) is 6.42 Å². The van der Waals surface area contributed by atoms with E-state index in [1.165, 1.54) is 82.6 Å². The molecule has 0 aliphatic carbocycles. The zero-order valence-electron chi connectivity index (χ0n) is 15.3. The molecule has 23 heavy (non-hydrogen) atoms. The van der Waals surface area contributed by atoms with E-state index in [2.05, 4.69) is 25.3 Å². The molecule has 1 nitrogen and oxygen atoms in total. The monoisotopic (exact) mass is 336 g/mol. The van der Waals surface area contributed by atoms with E-state index in [0.29, 0.717) is 0 Å². The van der Waals surface area contributed by atoms with Gasteiger partial charge in [-0.25, -0.2) is 0 Å². The smallest absolute Gasteiger partial charge is 0.160 e. The minimum atomic E-state index is 0.770. The molecule has 0 spiro atoms. The van der Waals surface area contributed by atoms with Crippen LogP contribution in [0.5, 0.6) is 0 Å². The predicted octanol–water partition coefficient (Wildman–Crippen LogP) is 7.44. The summed E-state index contributed by atoms with van der Waals surface area (Å²) in [6.45, 7) is 4.55. The van der Waals surface area contributed by atoms with Crippen LogP contribution >= 0.6 is 11.3 Å². The first-order valence-corrected chi connectivity index (χ1v) is 10.7. The molecular formula is C21H36OS. The third-order valence-corrected chi connectivity index (χ3v) is 5.71. The van der Waals surface area contributed by atoms with E-state index in [-0.39, 0.29) is 0 Å². The number of hydrogen-bond donors (Lipinski definition) is 0. The number of aldehydes is 1. The van der Waals surface area contributed by atoms with E-state index in [4.69, 9.17) is 0 Å². The Morgan fingerprint density at radius 1 is 0.913 bits per heavy atom. The number of hydrogen-bond acceptors (Lipinski definition) is 2. The fourth-order valence-corrected chi connectivity index (χ4v) is 4.09. The maximum absolute atomic E-state index is 11.1. The van der Waals surface area contributed by atoms with Gasteiger partial charge in [0.2, 0.25) is 0 Å². The summed E-state index contributed by atoms with van der Waals surface area (Å²) in [4.78, 5) is 12.1. The lowest BCUT2D eigenvalue weighted by Gasteiger charge is -2.17. The topological polar surface area (TPSA) is 17.1 Å². The number of thiophene rings is 1. The first kappa shape index (κ1) is 20.4. The second kappa shape index (κ2) is 13.8. The zero-order chi connectivity index (χ0) is 16.8. The summed E-state index contributed by atoms with van der Waals surface area (Å²) >= 11 is 1.59. The summed E-state index contributed by atoms with van der Waals surface area (Å²) in [5.41, 5.74) is 1.29. The Hall–Kier alpha value is -0.630. The molecule has 1 aromatic heterocycles. The maximum atomic E-state index is 11.1. The number of rotatable bonds is 15. The molecule has 0 saturated carbocycles. The van der Waals surface area contributed by atoms with Crippen molar-refractivity contribution in [1.82, 2.24) is 0 Å². The minimum Gasteiger partial charge on any atom is -0.297 e. The van der Waals surface area contributed by atoms with Gasteiger partial charge in [-0.15, -0.1) is 11.3 Å². The van der Waals surface area contributed by atoms with E-state index in [1.807, 2.05) is 0 Å². The molecule has 2 heteroatoms. The zero-order valence-corrected chi connectivity index (χ0v) is 16.1. The van der Waals surface area contributed by atoms with Gasteiger partial charge >= 0.3 is 0 Å². The van der Waals surface area contributed by atoms with E-state index in [9.17, 15) is 4.79 Å².